The van der Waals surface area contributed by atoms with E-state index in [-0.39, 0.29) is 18.6 Å². The van der Waals surface area contributed by atoms with E-state index >= 15 is 0 Å². The number of nitrogens with one attached hydrogen (secondary N) is 1. The predicted molar refractivity (Wildman–Crippen MR) is 105 cm³/mol. The van der Waals surface area contributed by atoms with Crippen LogP contribution in [0.3, 0.4) is 0 Å². The Morgan fingerprint density at radius 3 is 2.92 bits per heavy atom. The number of ether oxygens (including phenoxy) is 1. The van der Waals surface area contributed by atoms with Crippen molar-refractivity contribution in [2.75, 3.05) is 11.9 Å². The van der Waals surface area contributed by atoms with Crippen molar-refractivity contribution >= 4 is 49.9 Å². The topological polar surface area (TPSA) is 73.2 Å². The third kappa shape index (κ3) is 3.42. The van der Waals surface area contributed by atoms with Gasteiger partial charge in [0.25, 0.3) is 5.91 Å². The molecule has 0 aliphatic heterocycles. The number of anilines is 1. The molecule has 0 saturated carbocycles. The van der Waals surface area contributed by atoms with Gasteiger partial charge in [-0.05, 0) is 38.3 Å². The number of nitrogens with zero attached hydrogens (tertiary/aromatic N) is 2. The maximum Gasteiger partial charge on any atom is 0.350 e. The number of hydrogen-bond acceptors (Lipinski definition) is 6. The molecule has 136 valence electrons. The van der Waals surface area contributed by atoms with Gasteiger partial charge < -0.3 is 9.30 Å². The second-order valence-electron chi connectivity index (χ2n) is 5.94. The van der Waals surface area contributed by atoms with E-state index in [4.69, 9.17) is 4.74 Å². The van der Waals surface area contributed by atoms with Crippen LogP contribution < -0.4 is 5.32 Å². The molecule has 0 saturated heterocycles. The van der Waals surface area contributed by atoms with Crippen LogP contribution in [0, 0.1) is 6.92 Å². The van der Waals surface area contributed by atoms with Gasteiger partial charge in [-0.3, -0.25) is 10.1 Å². The molecular formula is C18H19N3O3S2. The number of esters is 1. The standard InChI is InChI=1S/C18H19N3O3S2/c1-5-7-24-17(23)15-11(4)19-18(26-15)20-16(22)13-9-14-12(6-8-25-14)21(13)10(2)3/h5-6,8-10H,1,7H2,2-4H3,(H,19,20,22). The molecule has 1 amide bonds. The highest BCUT2D eigenvalue weighted by atomic mass is 32.1. The molecule has 0 aliphatic rings. The smallest absolute Gasteiger partial charge is 0.350 e. The first-order chi connectivity index (χ1) is 12.4. The third-order valence-electron chi connectivity index (χ3n) is 3.74. The van der Waals surface area contributed by atoms with Crippen molar-refractivity contribution in [3.8, 4) is 0 Å². The van der Waals surface area contributed by atoms with Gasteiger partial charge in [-0.1, -0.05) is 24.0 Å². The molecule has 3 heterocycles. The van der Waals surface area contributed by atoms with Gasteiger partial charge in [0, 0.05) is 6.04 Å². The van der Waals surface area contributed by atoms with E-state index in [1.165, 1.54) is 6.08 Å². The molecule has 0 radical (unpaired) electrons. The van der Waals surface area contributed by atoms with Crippen LogP contribution in [0.2, 0.25) is 0 Å². The van der Waals surface area contributed by atoms with Gasteiger partial charge in [-0.25, -0.2) is 9.78 Å². The second-order valence-corrected chi connectivity index (χ2v) is 7.88. The highest BCUT2D eigenvalue weighted by Gasteiger charge is 2.21. The molecule has 0 unspecified atom stereocenters. The number of fused-ring (bicyclic) bond motifs is 1. The maximum atomic E-state index is 12.8. The molecule has 0 aliphatic carbocycles. The second kappa shape index (κ2) is 7.43. The molecule has 0 fully saturated rings. The Bertz CT molecular complexity index is 981. The average Bonchev–Trinajstić information content (AvgIpc) is 3.25. The molecule has 0 atom stereocenters. The summed E-state index contributed by atoms with van der Waals surface area (Å²) in [6, 6.07) is 4.04. The fourth-order valence-electron chi connectivity index (χ4n) is 2.68. The fourth-order valence-corrected chi connectivity index (χ4v) is 4.34. The number of aromatic nitrogens is 2. The van der Waals surface area contributed by atoms with Gasteiger partial charge in [-0.2, -0.15) is 0 Å². The summed E-state index contributed by atoms with van der Waals surface area (Å²) >= 11 is 2.70. The zero-order valence-electron chi connectivity index (χ0n) is 14.7. The lowest BCUT2D eigenvalue weighted by atomic mass is 10.3. The number of amides is 1. The minimum atomic E-state index is -0.466. The molecule has 0 bridgehead atoms. The molecule has 26 heavy (non-hydrogen) atoms. The summed E-state index contributed by atoms with van der Waals surface area (Å²) < 4.78 is 8.10. The van der Waals surface area contributed by atoms with Crippen LogP contribution in [0.4, 0.5) is 5.13 Å². The van der Waals surface area contributed by atoms with Crippen molar-refractivity contribution in [3.05, 3.63) is 46.4 Å². The summed E-state index contributed by atoms with van der Waals surface area (Å²) in [4.78, 5) is 29.4. The summed E-state index contributed by atoms with van der Waals surface area (Å²) in [5.74, 6) is -0.715. The van der Waals surface area contributed by atoms with Crippen molar-refractivity contribution in [3.63, 3.8) is 0 Å². The Balaban J connectivity index is 1.85. The predicted octanol–water partition coefficient (Wildman–Crippen LogP) is 4.64. The summed E-state index contributed by atoms with van der Waals surface area (Å²) in [6.07, 6.45) is 1.50. The molecule has 8 heteroatoms. The van der Waals surface area contributed by atoms with Crippen LogP contribution in [-0.4, -0.2) is 28.0 Å². The van der Waals surface area contributed by atoms with E-state index in [0.29, 0.717) is 21.4 Å². The lowest BCUT2D eigenvalue weighted by Gasteiger charge is -2.13. The van der Waals surface area contributed by atoms with E-state index in [2.05, 4.69) is 16.9 Å². The Labute approximate surface area is 159 Å². The number of carbonyl (C=O) groups is 2. The van der Waals surface area contributed by atoms with Gasteiger partial charge >= 0.3 is 5.97 Å². The van der Waals surface area contributed by atoms with Crippen LogP contribution in [0.1, 0.15) is 45.7 Å². The molecule has 0 spiro atoms. The zero-order chi connectivity index (χ0) is 18.8. The molecule has 0 aromatic carbocycles. The summed E-state index contributed by atoms with van der Waals surface area (Å²) in [6.45, 7) is 9.44. The van der Waals surface area contributed by atoms with Crippen molar-refractivity contribution in [2.24, 2.45) is 0 Å². The number of aryl methyl sites for hydroxylation is 1. The van der Waals surface area contributed by atoms with E-state index in [9.17, 15) is 9.59 Å². The van der Waals surface area contributed by atoms with Gasteiger partial charge in [-0.15, -0.1) is 11.3 Å². The van der Waals surface area contributed by atoms with Crippen molar-refractivity contribution < 1.29 is 14.3 Å². The normalized spacial score (nSPS) is 11.1. The molecule has 6 nitrogen and oxygen atoms in total. The Morgan fingerprint density at radius 2 is 2.23 bits per heavy atom. The van der Waals surface area contributed by atoms with E-state index < -0.39 is 5.97 Å². The molecular weight excluding hydrogens is 370 g/mol. The number of thiazole rings is 1. The minimum Gasteiger partial charge on any atom is -0.457 e. The van der Waals surface area contributed by atoms with Crippen LogP contribution >= 0.6 is 22.7 Å². The largest absolute Gasteiger partial charge is 0.457 e. The van der Waals surface area contributed by atoms with Gasteiger partial charge in [0.1, 0.15) is 17.2 Å². The Hall–Kier alpha value is -2.45. The molecule has 3 aromatic rings. The fraction of sp³-hybridized carbons (Fsp3) is 0.278. The highest BCUT2D eigenvalue weighted by Crippen LogP contribution is 2.30. The Morgan fingerprint density at radius 1 is 1.46 bits per heavy atom. The third-order valence-corrected chi connectivity index (χ3v) is 5.65. The lowest BCUT2D eigenvalue weighted by molar-refractivity contribution is 0.0554. The molecule has 3 rings (SSSR count). The van der Waals surface area contributed by atoms with Crippen LogP contribution in [0.5, 0.6) is 0 Å². The number of rotatable bonds is 6. The summed E-state index contributed by atoms with van der Waals surface area (Å²) in [5.41, 5.74) is 2.14. The monoisotopic (exact) mass is 389 g/mol. The van der Waals surface area contributed by atoms with Crippen molar-refractivity contribution in [1.29, 1.82) is 0 Å². The minimum absolute atomic E-state index is 0.135. The lowest BCUT2D eigenvalue weighted by Crippen LogP contribution is -2.18. The van der Waals surface area contributed by atoms with Gasteiger partial charge in [0.15, 0.2) is 5.13 Å². The number of carbonyl (C=O) groups excluding carboxylic acids is 2. The Kier molecular flexibility index (Phi) is 5.24. The van der Waals surface area contributed by atoms with Crippen molar-refractivity contribution in [2.45, 2.75) is 26.8 Å². The van der Waals surface area contributed by atoms with Crippen LogP contribution in [-0.2, 0) is 4.74 Å². The average molecular weight is 390 g/mol. The molecule has 1 N–H and O–H groups in total. The van der Waals surface area contributed by atoms with Gasteiger partial charge in [0.05, 0.1) is 15.9 Å². The van der Waals surface area contributed by atoms with Gasteiger partial charge in [0.2, 0.25) is 0 Å². The SMILES string of the molecule is C=CCOC(=O)c1sc(NC(=O)c2cc3sccc3n2C(C)C)nc1C. The maximum absolute atomic E-state index is 12.8. The van der Waals surface area contributed by atoms with E-state index in [1.807, 2.05) is 35.9 Å². The first-order valence-electron chi connectivity index (χ1n) is 8.07. The highest BCUT2D eigenvalue weighted by molar-refractivity contribution is 7.18. The number of thiophene rings is 1. The van der Waals surface area contributed by atoms with E-state index in [0.717, 1.165) is 21.6 Å². The quantitative estimate of drug-likeness (QED) is 0.492. The molecule has 3 aromatic heterocycles. The summed E-state index contributed by atoms with van der Waals surface area (Å²) in [5, 5.41) is 5.18. The zero-order valence-corrected chi connectivity index (χ0v) is 16.4. The number of hydrogen-bond donors (Lipinski definition) is 1. The first-order valence-corrected chi connectivity index (χ1v) is 9.77. The van der Waals surface area contributed by atoms with Crippen molar-refractivity contribution in [1.82, 2.24) is 9.55 Å². The first kappa shape index (κ1) is 18.3. The van der Waals surface area contributed by atoms with E-state index in [1.54, 1.807) is 18.3 Å². The van der Waals surface area contributed by atoms with Crippen LogP contribution in [0.25, 0.3) is 10.2 Å². The van der Waals surface area contributed by atoms with Crippen LogP contribution in [0.15, 0.2) is 30.2 Å². The summed E-state index contributed by atoms with van der Waals surface area (Å²) in [7, 11) is 0.